The van der Waals surface area contributed by atoms with Crippen molar-refractivity contribution in [1.29, 1.82) is 0 Å². The quantitative estimate of drug-likeness (QED) is 0.907. The summed E-state index contributed by atoms with van der Waals surface area (Å²) in [4.78, 5) is 12.5. The molecule has 1 N–H and O–H groups in total. The average molecular weight is 259 g/mol. The molecule has 2 rings (SSSR count). The lowest BCUT2D eigenvalue weighted by Crippen LogP contribution is -2.21. The highest BCUT2D eigenvalue weighted by atomic mass is 19.4. The van der Waals surface area contributed by atoms with Crippen molar-refractivity contribution in [3.63, 3.8) is 0 Å². The summed E-state index contributed by atoms with van der Waals surface area (Å²) in [7, 11) is 1.72. The first kappa shape index (κ1) is 12.7. The largest absolute Gasteiger partial charge is 0.478 e. The van der Waals surface area contributed by atoms with Crippen LogP contribution in [0.25, 0.3) is 0 Å². The second-order valence-electron chi connectivity index (χ2n) is 4.37. The van der Waals surface area contributed by atoms with E-state index in [1.165, 1.54) is 6.07 Å². The van der Waals surface area contributed by atoms with E-state index in [0.717, 1.165) is 25.0 Å². The van der Waals surface area contributed by atoms with Crippen molar-refractivity contribution in [2.24, 2.45) is 0 Å². The summed E-state index contributed by atoms with van der Waals surface area (Å²) in [5.74, 6) is -1.57. The Morgan fingerprint density at radius 2 is 2.00 bits per heavy atom. The molecule has 18 heavy (non-hydrogen) atoms. The molecule has 1 aliphatic carbocycles. The zero-order chi connectivity index (χ0) is 13.5. The minimum absolute atomic E-state index is 0.266. The number of carbonyl (C=O) groups is 1. The third-order valence-corrected chi connectivity index (χ3v) is 3.04. The summed E-state index contributed by atoms with van der Waals surface area (Å²) in [6.45, 7) is 0. The van der Waals surface area contributed by atoms with Gasteiger partial charge in [0.25, 0.3) is 0 Å². The van der Waals surface area contributed by atoms with E-state index < -0.39 is 23.3 Å². The van der Waals surface area contributed by atoms with E-state index in [2.05, 4.69) is 0 Å². The first-order valence-corrected chi connectivity index (χ1v) is 5.48. The maximum Gasteiger partial charge on any atom is 0.417 e. The van der Waals surface area contributed by atoms with Gasteiger partial charge in [0.05, 0.1) is 11.1 Å². The van der Waals surface area contributed by atoms with Crippen LogP contribution in [0.3, 0.4) is 0 Å². The zero-order valence-electron chi connectivity index (χ0n) is 9.66. The van der Waals surface area contributed by atoms with Crippen LogP contribution in [0, 0.1) is 0 Å². The monoisotopic (exact) mass is 259 g/mol. The molecule has 0 amide bonds. The number of carboxylic acid groups (broad SMARTS) is 1. The number of hydrogen-bond acceptors (Lipinski definition) is 2. The topological polar surface area (TPSA) is 40.5 Å². The Hall–Kier alpha value is -1.72. The lowest BCUT2D eigenvalue weighted by molar-refractivity contribution is -0.138. The molecular formula is C12H12F3NO2. The Bertz CT molecular complexity index is 481. The molecule has 1 fully saturated rings. The molecule has 1 aromatic carbocycles. The van der Waals surface area contributed by atoms with Gasteiger partial charge in [0.15, 0.2) is 0 Å². The summed E-state index contributed by atoms with van der Waals surface area (Å²) in [6.07, 6.45) is -2.74. The van der Waals surface area contributed by atoms with Gasteiger partial charge in [-0.3, -0.25) is 0 Å². The highest BCUT2D eigenvalue weighted by Gasteiger charge is 2.36. The summed E-state index contributed by atoms with van der Waals surface area (Å²) < 4.78 is 38.4. The van der Waals surface area contributed by atoms with Gasteiger partial charge in [-0.25, -0.2) is 4.79 Å². The molecule has 0 radical (unpaired) electrons. The van der Waals surface area contributed by atoms with E-state index in [1.54, 1.807) is 11.9 Å². The Morgan fingerprint density at radius 3 is 2.44 bits per heavy atom. The Kier molecular flexibility index (Phi) is 2.96. The Balaban J connectivity index is 2.44. The highest BCUT2D eigenvalue weighted by molar-refractivity contribution is 5.90. The van der Waals surface area contributed by atoms with Gasteiger partial charge in [-0.1, -0.05) is 0 Å². The molecule has 6 heteroatoms. The standard InChI is InChI=1S/C12H12F3NO2/c1-16(7-2-3-7)8-4-5-9(11(17)18)10(6-8)12(13,14)15/h4-7H,2-3H2,1H3,(H,17,18). The maximum absolute atomic E-state index is 12.8. The normalized spacial score (nSPS) is 15.6. The number of alkyl halides is 3. The fraction of sp³-hybridized carbons (Fsp3) is 0.417. The molecule has 1 aliphatic rings. The van der Waals surface area contributed by atoms with Crippen LogP contribution in [0.1, 0.15) is 28.8 Å². The third-order valence-electron chi connectivity index (χ3n) is 3.04. The van der Waals surface area contributed by atoms with Gasteiger partial charge < -0.3 is 10.0 Å². The lowest BCUT2D eigenvalue weighted by Gasteiger charge is -2.21. The molecule has 0 atom stereocenters. The fourth-order valence-electron chi connectivity index (χ4n) is 1.85. The smallest absolute Gasteiger partial charge is 0.417 e. The van der Waals surface area contributed by atoms with Crippen molar-refractivity contribution in [2.45, 2.75) is 25.1 Å². The number of carboxylic acids is 1. The van der Waals surface area contributed by atoms with Crippen molar-refractivity contribution in [3.8, 4) is 0 Å². The molecule has 0 aromatic heterocycles. The molecule has 0 heterocycles. The number of rotatable bonds is 3. The number of nitrogens with zero attached hydrogens (tertiary/aromatic N) is 1. The van der Waals surface area contributed by atoms with E-state index in [0.29, 0.717) is 5.69 Å². The van der Waals surface area contributed by atoms with Crippen LogP contribution in [-0.4, -0.2) is 24.2 Å². The number of aromatic carboxylic acids is 1. The minimum Gasteiger partial charge on any atom is -0.478 e. The lowest BCUT2D eigenvalue weighted by atomic mass is 10.1. The number of halogens is 3. The van der Waals surface area contributed by atoms with Gasteiger partial charge in [0.2, 0.25) is 0 Å². The van der Waals surface area contributed by atoms with E-state index in [9.17, 15) is 18.0 Å². The molecular weight excluding hydrogens is 247 g/mol. The van der Waals surface area contributed by atoms with E-state index in [-0.39, 0.29) is 6.04 Å². The number of benzene rings is 1. The van der Waals surface area contributed by atoms with Crippen LogP contribution < -0.4 is 4.90 Å². The van der Waals surface area contributed by atoms with E-state index in [4.69, 9.17) is 5.11 Å². The maximum atomic E-state index is 12.8. The predicted molar refractivity (Wildman–Crippen MR) is 59.8 cm³/mol. The van der Waals surface area contributed by atoms with Crippen LogP contribution in [0.5, 0.6) is 0 Å². The van der Waals surface area contributed by atoms with Crippen molar-refractivity contribution in [1.82, 2.24) is 0 Å². The van der Waals surface area contributed by atoms with E-state index >= 15 is 0 Å². The van der Waals surface area contributed by atoms with Crippen LogP contribution >= 0.6 is 0 Å². The van der Waals surface area contributed by atoms with Crippen molar-refractivity contribution >= 4 is 11.7 Å². The molecule has 3 nitrogen and oxygen atoms in total. The number of anilines is 1. The van der Waals surface area contributed by atoms with Gasteiger partial charge in [-0.2, -0.15) is 13.2 Å². The SMILES string of the molecule is CN(c1ccc(C(=O)O)c(C(F)(F)F)c1)C1CC1. The molecule has 1 saturated carbocycles. The van der Waals surface area contributed by atoms with Crippen LogP contribution in [-0.2, 0) is 6.18 Å². The van der Waals surface area contributed by atoms with Crippen LogP contribution in [0.4, 0.5) is 18.9 Å². The molecule has 0 bridgehead atoms. The molecule has 0 saturated heterocycles. The summed E-state index contributed by atoms with van der Waals surface area (Å²) in [6, 6.07) is 3.60. The first-order chi connectivity index (χ1) is 8.30. The third kappa shape index (κ3) is 2.42. The molecule has 0 spiro atoms. The number of hydrogen-bond donors (Lipinski definition) is 1. The van der Waals surface area contributed by atoms with Crippen molar-refractivity contribution < 1.29 is 23.1 Å². The Labute approximate surface area is 102 Å². The van der Waals surface area contributed by atoms with Crippen LogP contribution in [0.15, 0.2) is 18.2 Å². The summed E-state index contributed by atoms with van der Waals surface area (Å²) in [5.41, 5.74) is -1.41. The zero-order valence-corrected chi connectivity index (χ0v) is 9.66. The van der Waals surface area contributed by atoms with Gasteiger partial charge in [-0.05, 0) is 31.0 Å². The molecule has 0 aliphatic heterocycles. The highest BCUT2D eigenvalue weighted by Crippen LogP contribution is 2.37. The van der Waals surface area contributed by atoms with Gasteiger partial charge in [0.1, 0.15) is 0 Å². The van der Waals surface area contributed by atoms with Gasteiger partial charge >= 0.3 is 12.1 Å². The van der Waals surface area contributed by atoms with E-state index in [1.807, 2.05) is 0 Å². The predicted octanol–water partition coefficient (Wildman–Crippen LogP) is 3.00. The average Bonchev–Trinajstić information content (AvgIpc) is 3.09. The first-order valence-electron chi connectivity index (χ1n) is 5.48. The summed E-state index contributed by atoms with van der Waals surface area (Å²) in [5, 5.41) is 8.77. The fourth-order valence-corrected chi connectivity index (χ4v) is 1.85. The van der Waals surface area contributed by atoms with Crippen LogP contribution in [0.2, 0.25) is 0 Å². The molecule has 98 valence electrons. The summed E-state index contributed by atoms with van der Waals surface area (Å²) >= 11 is 0. The Morgan fingerprint density at radius 1 is 1.39 bits per heavy atom. The second-order valence-corrected chi connectivity index (χ2v) is 4.37. The van der Waals surface area contributed by atoms with Crippen molar-refractivity contribution in [2.75, 3.05) is 11.9 Å². The van der Waals surface area contributed by atoms with Gasteiger partial charge in [-0.15, -0.1) is 0 Å². The second kappa shape index (κ2) is 4.19. The van der Waals surface area contributed by atoms with Gasteiger partial charge in [0, 0.05) is 18.8 Å². The minimum atomic E-state index is -4.66. The van der Waals surface area contributed by atoms with Crippen molar-refractivity contribution in [3.05, 3.63) is 29.3 Å². The molecule has 1 aromatic rings. The molecule has 0 unspecified atom stereocenters.